The van der Waals surface area contributed by atoms with Gasteiger partial charge < -0.3 is 18.8 Å². The first-order valence-electron chi connectivity index (χ1n) is 8.77. The summed E-state index contributed by atoms with van der Waals surface area (Å²) < 4.78 is 18.6. The van der Waals surface area contributed by atoms with E-state index in [0.717, 1.165) is 4.57 Å². The molecule has 0 radical (unpaired) electrons. The van der Waals surface area contributed by atoms with Gasteiger partial charge in [-0.2, -0.15) is 0 Å². The smallest absolute Gasteiger partial charge is 0.330 e. The van der Waals surface area contributed by atoms with Crippen LogP contribution >= 0.6 is 0 Å². The fraction of sp³-hybridized carbons (Fsp3) is 0.556. The van der Waals surface area contributed by atoms with E-state index < -0.39 is 35.8 Å². The first kappa shape index (κ1) is 20.6. The molecule has 0 spiro atoms. The van der Waals surface area contributed by atoms with Crippen LogP contribution in [-0.2, 0) is 36.9 Å². The molecule has 0 bridgehead atoms. The molecule has 0 saturated heterocycles. The molecule has 9 nitrogen and oxygen atoms in total. The molecule has 0 amide bonds. The molecule has 1 aromatic heterocycles. The maximum atomic E-state index is 12.7. The third-order valence-corrected chi connectivity index (χ3v) is 4.14. The van der Waals surface area contributed by atoms with Crippen molar-refractivity contribution in [2.75, 3.05) is 6.61 Å². The molecule has 0 unspecified atom stereocenters. The van der Waals surface area contributed by atoms with Crippen LogP contribution < -0.4 is 11.2 Å². The summed E-state index contributed by atoms with van der Waals surface area (Å²) in [5.74, 6) is -1.01. The van der Waals surface area contributed by atoms with Gasteiger partial charge in [0.2, 0.25) is 0 Å². The zero-order valence-corrected chi connectivity index (χ0v) is 15.8. The average Bonchev–Trinajstić information content (AvgIpc) is 2.61. The van der Waals surface area contributed by atoms with Crippen molar-refractivity contribution in [3.05, 3.63) is 44.8 Å². The van der Waals surface area contributed by atoms with E-state index in [4.69, 9.17) is 14.2 Å². The van der Waals surface area contributed by atoms with Crippen molar-refractivity contribution >= 4 is 11.9 Å². The fourth-order valence-corrected chi connectivity index (χ4v) is 2.84. The topological polar surface area (TPSA) is 106 Å². The predicted molar refractivity (Wildman–Crippen MR) is 95.3 cm³/mol. The van der Waals surface area contributed by atoms with Crippen LogP contribution in [0.2, 0.25) is 0 Å². The first-order valence-corrected chi connectivity index (χ1v) is 8.77. The minimum atomic E-state index is -0.774. The molecule has 0 saturated carbocycles. The van der Waals surface area contributed by atoms with E-state index in [2.05, 4.69) is 0 Å². The monoisotopic (exact) mass is 380 g/mol. The van der Waals surface area contributed by atoms with Gasteiger partial charge in [0.05, 0.1) is 5.56 Å². The van der Waals surface area contributed by atoms with Crippen molar-refractivity contribution in [2.24, 2.45) is 0 Å². The van der Waals surface area contributed by atoms with E-state index in [1.54, 1.807) is 26.0 Å². The Labute approximate surface area is 156 Å². The van der Waals surface area contributed by atoms with Crippen molar-refractivity contribution in [1.29, 1.82) is 0 Å². The number of hydrogen-bond acceptors (Lipinski definition) is 7. The second-order valence-corrected chi connectivity index (χ2v) is 6.06. The quantitative estimate of drug-likeness (QED) is 0.524. The lowest BCUT2D eigenvalue weighted by Gasteiger charge is -2.31. The van der Waals surface area contributed by atoms with Crippen LogP contribution in [0.15, 0.2) is 27.9 Å². The van der Waals surface area contributed by atoms with Gasteiger partial charge in [0.1, 0.15) is 24.9 Å². The molecule has 27 heavy (non-hydrogen) atoms. The molecule has 0 aromatic carbocycles. The van der Waals surface area contributed by atoms with E-state index in [-0.39, 0.29) is 24.4 Å². The van der Waals surface area contributed by atoms with Gasteiger partial charge in [0, 0.05) is 33.1 Å². The summed E-state index contributed by atoms with van der Waals surface area (Å²) in [7, 11) is 0. The largest absolute Gasteiger partial charge is 0.463 e. The highest BCUT2D eigenvalue weighted by Gasteiger charge is 2.32. The summed E-state index contributed by atoms with van der Waals surface area (Å²) in [5, 5.41) is 0. The van der Waals surface area contributed by atoms with Crippen molar-refractivity contribution < 1.29 is 23.8 Å². The van der Waals surface area contributed by atoms with E-state index in [9.17, 15) is 19.2 Å². The zero-order valence-electron chi connectivity index (χ0n) is 15.8. The number of hydrogen-bond donors (Lipinski definition) is 0. The Morgan fingerprint density at radius 3 is 2.37 bits per heavy atom. The number of aryl methyl sites for hydroxylation is 1. The number of aromatic nitrogens is 2. The zero-order chi connectivity index (χ0) is 20.1. The number of ether oxygens (including phenoxy) is 3. The summed E-state index contributed by atoms with van der Waals surface area (Å²) >= 11 is 0. The van der Waals surface area contributed by atoms with E-state index >= 15 is 0 Å². The normalized spacial score (nSPS) is 21.7. The summed E-state index contributed by atoms with van der Waals surface area (Å²) in [6.45, 7) is 6.53. The van der Waals surface area contributed by atoms with Crippen LogP contribution in [-0.4, -0.2) is 39.9 Å². The minimum Gasteiger partial charge on any atom is -0.463 e. The summed E-state index contributed by atoms with van der Waals surface area (Å²) in [6, 6.07) is 0. The molecule has 148 valence electrons. The molecular weight excluding hydrogens is 356 g/mol. The SMILES string of the molecule is CCn1cc([C@@H]2C=C[C@@H](OC(C)=O)[C@@H](COC(C)=O)O2)c(=O)n(CC)c1=O. The molecule has 0 aliphatic carbocycles. The maximum Gasteiger partial charge on any atom is 0.330 e. The van der Waals surface area contributed by atoms with Crippen LogP contribution in [0.1, 0.15) is 39.4 Å². The van der Waals surface area contributed by atoms with E-state index in [1.807, 2.05) is 0 Å². The van der Waals surface area contributed by atoms with Gasteiger partial charge in [-0.05, 0) is 19.9 Å². The molecule has 1 aliphatic rings. The van der Waals surface area contributed by atoms with E-state index in [1.165, 1.54) is 24.6 Å². The molecule has 0 fully saturated rings. The van der Waals surface area contributed by atoms with Gasteiger partial charge in [0.15, 0.2) is 0 Å². The highest BCUT2D eigenvalue weighted by Crippen LogP contribution is 2.26. The Bertz CT molecular complexity index is 852. The Kier molecular flexibility index (Phi) is 6.73. The van der Waals surface area contributed by atoms with Crippen LogP contribution in [0, 0.1) is 0 Å². The van der Waals surface area contributed by atoms with Crippen LogP contribution in [0.25, 0.3) is 0 Å². The molecule has 9 heteroatoms. The second-order valence-electron chi connectivity index (χ2n) is 6.06. The summed E-state index contributed by atoms with van der Waals surface area (Å²) in [4.78, 5) is 47.4. The van der Waals surface area contributed by atoms with Gasteiger partial charge >= 0.3 is 17.6 Å². The fourth-order valence-electron chi connectivity index (χ4n) is 2.84. The predicted octanol–water partition coefficient (Wildman–Crippen LogP) is 0.541. The highest BCUT2D eigenvalue weighted by molar-refractivity contribution is 5.66. The Morgan fingerprint density at radius 2 is 1.81 bits per heavy atom. The Morgan fingerprint density at radius 1 is 1.11 bits per heavy atom. The molecular formula is C18H24N2O7. The third kappa shape index (κ3) is 4.73. The van der Waals surface area contributed by atoms with Crippen LogP contribution in [0.5, 0.6) is 0 Å². The van der Waals surface area contributed by atoms with Crippen molar-refractivity contribution in [3.8, 4) is 0 Å². The number of rotatable bonds is 6. The Balaban J connectivity index is 2.41. The van der Waals surface area contributed by atoms with Crippen LogP contribution in [0.3, 0.4) is 0 Å². The second kappa shape index (κ2) is 8.81. The third-order valence-electron chi connectivity index (χ3n) is 4.14. The number of esters is 2. The maximum absolute atomic E-state index is 12.7. The van der Waals surface area contributed by atoms with Crippen molar-refractivity contribution in [3.63, 3.8) is 0 Å². The van der Waals surface area contributed by atoms with Gasteiger partial charge in [-0.25, -0.2) is 4.79 Å². The van der Waals surface area contributed by atoms with Gasteiger partial charge in [-0.3, -0.25) is 19.0 Å². The Hall–Kier alpha value is -2.68. The molecule has 3 atom stereocenters. The van der Waals surface area contributed by atoms with Crippen molar-refractivity contribution in [2.45, 2.75) is 59.1 Å². The molecule has 2 heterocycles. The van der Waals surface area contributed by atoms with Gasteiger partial charge in [-0.1, -0.05) is 6.08 Å². The molecule has 2 rings (SSSR count). The lowest BCUT2D eigenvalue weighted by molar-refractivity contribution is -0.163. The lowest BCUT2D eigenvalue weighted by Crippen LogP contribution is -2.44. The number of carbonyl (C=O) groups is 2. The number of carbonyl (C=O) groups excluding carboxylic acids is 2. The standard InChI is InChI=1S/C18H24N2O7/c1-5-19-9-13(17(23)20(6-2)18(19)24)14-7-8-15(26-12(4)22)16(27-14)10-25-11(3)21/h7-9,14-16H,5-6,10H2,1-4H3/t14-,15+,16+/m0/s1. The van der Waals surface area contributed by atoms with Crippen LogP contribution in [0.4, 0.5) is 0 Å². The highest BCUT2D eigenvalue weighted by atomic mass is 16.6. The molecule has 0 N–H and O–H groups in total. The summed E-state index contributed by atoms with van der Waals surface area (Å²) in [5.41, 5.74) is -0.550. The molecule has 1 aliphatic heterocycles. The molecule has 1 aromatic rings. The van der Waals surface area contributed by atoms with E-state index in [0.29, 0.717) is 6.54 Å². The minimum absolute atomic E-state index is 0.135. The van der Waals surface area contributed by atoms with Crippen molar-refractivity contribution in [1.82, 2.24) is 9.13 Å². The first-order chi connectivity index (χ1) is 12.8. The van der Waals surface area contributed by atoms with Gasteiger partial charge in [-0.15, -0.1) is 0 Å². The summed E-state index contributed by atoms with van der Waals surface area (Å²) in [6.07, 6.45) is 2.38. The average molecular weight is 380 g/mol. The lowest BCUT2D eigenvalue weighted by atomic mass is 10.0. The number of nitrogens with zero attached hydrogens (tertiary/aromatic N) is 2. The van der Waals surface area contributed by atoms with Gasteiger partial charge in [0.25, 0.3) is 5.56 Å².